The van der Waals surface area contributed by atoms with Crippen LogP contribution in [0.1, 0.15) is 13.8 Å². The van der Waals surface area contributed by atoms with Gasteiger partial charge in [-0.25, -0.2) is 9.38 Å². The van der Waals surface area contributed by atoms with Crippen molar-refractivity contribution in [2.24, 2.45) is 4.99 Å². The Balaban J connectivity index is 3.84. The number of allylic oxidation sites excluding steroid dienone is 2. The Kier molecular flexibility index (Phi) is 4.58. The average Bonchev–Trinajstić information content (AvgIpc) is 1.63. The molecule has 0 bridgehead atoms. The van der Waals surface area contributed by atoms with Gasteiger partial charge in [-0.05, 0) is 35.9 Å². The highest BCUT2D eigenvalue weighted by atomic mass is 79.9. The predicted octanol–water partition coefficient (Wildman–Crippen LogP) is 2.67. The molecule has 0 radical (unpaired) electrons. The SMILES string of the molecule is C/C=C\C(Br)=N/C(C)F. The van der Waals surface area contributed by atoms with Gasteiger partial charge in [0.25, 0.3) is 0 Å². The number of hydrogen-bond acceptors (Lipinski definition) is 1. The first-order valence-corrected chi connectivity index (χ1v) is 3.46. The highest BCUT2D eigenvalue weighted by Crippen LogP contribution is 1.97. The Hall–Kier alpha value is -0.180. The largest absolute Gasteiger partial charge is 0.242 e. The van der Waals surface area contributed by atoms with Gasteiger partial charge in [-0.1, -0.05) is 6.08 Å². The van der Waals surface area contributed by atoms with Crippen molar-refractivity contribution in [3.05, 3.63) is 12.2 Å². The van der Waals surface area contributed by atoms with Crippen LogP contribution in [0.4, 0.5) is 4.39 Å². The quantitative estimate of drug-likeness (QED) is 0.473. The first-order valence-electron chi connectivity index (χ1n) is 2.67. The van der Waals surface area contributed by atoms with Crippen molar-refractivity contribution < 1.29 is 4.39 Å². The molecule has 0 saturated carbocycles. The van der Waals surface area contributed by atoms with E-state index in [-0.39, 0.29) is 0 Å². The summed E-state index contributed by atoms with van der Waals surface area (Å²) >= 11 is 3.06. The minimum atomic E-state index is -1.13. The summed E-state index contributed by atoms with van der Waals surface area (Å²) in [5.41, 5.74) is 0. The van der Waals surface area contributed by atoms with Crippen LogP contribution in [0.3, 0.4) is 0 Å². The van der Waals surface area contributed by atoms with Gasteiger partial charge >= 0.3 is 0 Å². The third-order valence-electron chi connectivity index (χ3n) is 0.605. The molecule has 0 aliphatic rings. The van der Waals surface area contributed by atoms with Crippen LogP contribution >= 0.6 is 15.9 Å². The van der Waals surface area contributed by atoms with Gasteiger partial charge in [-0.2, -0.15) is 0 Å². The van der Waals surface area contributed by atoms with Crippen LogP contribution < -0.4 is 0 Å². The Morgan fingerprint density at radius 3 is 2.67 bits per heavy atom. The van der Waals surface area contributed by atoms with Crippen molar-refractivity contribution in [3.63, 3.8) is 0 Å². The molecule has 0 aliphatic carbocycles. The maximum Gasteiger partial charge on any atom is 0.188 e. The molecular formula is C6H9BrFN. The Morgan fingerprint density at radius 2 is 2.33 bits per heavy atom. The summed E-state index contributed by atoms with van der Waals surface area (Å²) in [6.45, 7) is 3.23. The molecule has 0 spiro atoms. The number of rotatable bonds is 2. The van der Waals surface area contributed by atoms with Crippen molar-refractivity contribution >= 4 is 20.6 Å². The van der Waals surface area contributed by atoms with Gasteiger partial charge < -0.3 is 0 Å². The van der Waals surface area contributed by atoms with Gasteiger partial charge in [0, 0.05) is 0 Å². The minimum absolute atomic E-state index is 0.542. The molecule has 1 atom stereocenters. The van der Waals surface area contributed by atoms with Crippen LogP contribution in [0.5, 0.6) is 0 Å². The average molecular weight is 194 g/mol. The van der Waals surface area contributed by atoms with E-state index in [1.165, 1.54) is 6.92 Å². The lowest BCUT2D eigenvalue weighted by atomic mass is 10.5. The first-order chi connectivity index (χ1) is 4.16. The molecular weight excluding hydrogens is 185 g/mol. The molecule has 3 heteroatoms. The molecule has 1 unspecified atom stereocenters. The van der Waals surface area contributed by atoms with E-state index in [0.29, 0.717) is 4.62 Å². The lowest BCUT2D eigenvalue weighted by Crippen LogP contribution is -1.89. The predicted molar refractivity (Wildman–Crippen MR) is 41.7 cm³/mol. The van der Waals surface area contributed by atoms with Crippen molar-refractivity contribution in [1.29, 1.82) is 0 Å². The van der Waals surface area contributed by atoms with Crippen LogP contribution in [-0.2, 0) is 0 Å². The Morgan fingerprint density at radius 1 is 1.78 bits per heavy atom. The molecule has 0 fully saturated rings. The summed E-state index contributed by atoms with van der Waals surface area (Å²) in [4.78, 5) is 3.55. The van der Waals surface area contributed by atoms with Crippen LogP contribution in [-0.4, -0.2) is 10.9 Å². The zero-order chi connectivity index (χ0) is 7.28. The second-order valence-electron chi connectivity index (χ2n) is 1.53. The second kappa shape index (κ2) is 4.68. The van der Waals surface area contributed by atoms with Gasteiger partial charge in [0.15, 0.2) is 6.30 Å². The molecule has 0 saturated heterocycles. The van der Waals surface area contributed by atoms with Gasteiger partial charge in [0.2, 0.25) is 0 Å². The summed E-state index contributed by atoms with van der Waals surface area (Å²) in [6, 6.07) is 0. The zero-order valence-corrected chi connectivity index (χ0v) is 7.02. The normalized spacial score (nSPS) is 16.7. The molecule has 0 N–H and O–H groups in total. The minimum Gasteiger partial charge on any atom is -0.242 e. The fraction of sp³-hybridized carbons (Fsp3) is 0.500. The van der Waals surface area contributed by atoms with E-state index in [1.54, 1.807) is 12.2 Å². The second-order valence-corrected chi connectivity index (χ2v) is 2.34. The summed E-state index contributed by atoms with van der Waals surface area (Å²) in [7, 11) is 0. The van der Waals surface area contributed by atoms with Crippen molar-refractivity contribution in [2.45, 2.75) is 20.1 Å². The summed E-state index contributed by atoms with van der Waals surface area (Å²) in [6.07, 6.45) is 2.35. The van der Waals surface area contributed by atoms with E-state index in [9.17, 15) is 4.39 Å². The summed E-state index contributed by atoms with van der Waals surface area (Å²) < 4.78 is 12.6. The summed E-state index contributed by atoms with van der Waals surface area (Å²) in [5.74, 6) is 0. The molecule has 0 rings (SSSR count). The molecule has 1 nitrogen and oxygen atoms in total. The number of aliphatic imine (C=N–C) groups is 1. The van der Waals surface area contributed by atoms with Gasteiger partial charge in [0.1, 0.15) is 4.62 Å². The number of alkyl halides is 1. The van der Waals surface area contributed by atoms with E-state index in [1.807, 2.05) is 6.92 Å². The monoisotopic (exact) mass is 193 g/mol. The molecule has 0 aromatic rings. The lowest BCUT2D eigenvalue weighted by Gasteiger charge is -1.90. The Bertz CT molecular complexity index is 129. The van der Waals surface area contributed by atoms with E-state index >= 15 is 0 Å². The van der Waals surface area contributed by atoms with Crippen LogP contribution in [0.25, 0.3) is 0 Å². The van der Waals surface area contributed by atoms with E-state index in [2.05, 4.69) is 20.9 Å². The number of halogens is 2. The fourth-order valence-electron chi connectivity index (χ4n) is 0.351. The highest BCUT2D eigenvalue weighted by Gasteiger charge is 1.91. The molecule has 9 heavy (non-hydrogen) atoms. The molecule has 0 aliphatic heterocycles. The summed E-state index contributed by atoms with van der Waals surface area (Å²) in [5, 5.41) is 0. The molecule has 0 amide bonds. The van der Waals surface area contributed by atoms with Gasteiger partial charge in [-0.3, -0.25) is 0 Å². The number of nitrogens with zero attached hydrogens (tertiary/aromatic N) is 1. The highest BCUT2D eigenvalue weighted by molar-refractivity contribution is 9.18. The third-order valence-corrected chi connectivity index (χ3v) is 1.07. The maximum absolute atomic E-state index is 12.0. The third kappa shape index (κ3) is 5.69. The molecule has 52 valence electrons. The smallest absolute Gasteiger partial charge is 0.188 e. The standard InChI is InChI=1S/C6H9BrFN/c1-3-4-6(7)9-5(2)8/h3-5H,1-2H3/b4-3-,9-6+. The van der Waals surface area contributed by atoms with E-state index in [0.717, 1.165) is 0 Å². The lowest BCUT2D eigenvalue weighted by molar-refractivity contribution is 0.377. The maximum atomic E-state index is 12.0. The topological polar surface area (TPSA) is 12.4 Å². The molecule has 0 aromatic heterocycles. The Labute approximate surface area is 62.8 Å². The molecule has 0 aromatic carbocycles. The number of hydrogen-bond donors (Lipinski definition) is 0. The van der Waals surface area contributed by atoms with Crippen LogP contribution in [0.15, 0.2) is 17.1 Å². The molecule has 0 heterocycles. The van der Waals surface area contributed by atoms with E-state index < -0.39 is 6.30 Å². The zero-order valence-electron chi connectivity index (χ0n) is 5.44. The fourth-order valence-corrected chi connectivity index (χ4v) is 0.897. The van der Waals surface area contributed by atoms with Gasteiger partial charge in [0.05, 0.1) is 0 Å². The van der Waals surface area contributed by atoms with Crippen molar-refractivity contribution in [3.8, 4) is 0 Å². The van der Waals surface area contributed by atoms with Crippen LogP contribution in [0.2, 0.25) is 0 Å². The van der Waals surface area contributed by atoms with E-state index in [4.69, 9.17) is 0 Å². The van der Waals surface area contributed by atoms with Crippen molar-refractivity contribution in [1.82, 2.24) is 0 Å². The van der Waals surface area contributed by atoms with Crippen molar-refractivity contribution in [2.75, 3.05) is 0 Å². The first kappa shape index (κ1) is 8.82. The van der Waals surface area contributed by atoms with Crippen LogP contribution in [0, 0.1) is 0 Å². The van der Waals surface area contributed by atoms with Gasteiger partial charge in [-0.15, -0.1) is 0 Å².